The average molecular weight is 343 g/mol. The van der Waals surface area contributed by atoms with Crippen LogP contribution in [-0.4, -0.2) is 11.1 Å². The third kappa shape index (κ3) is 5.09. The monoisotopic (exact) mass is 342 g/mol. The lowest BCUT2D eigenvalue weighted by Crippen LogP contribution is -2.14. The largest absolute Gasteiger partial charge is 0.481 e. The van der Waals surface area contributed by atoms with Gasteiger partial charge in [0.05, 0.1) is 5.41 Å². The highest BCUT2D eigenvalue weighted by Gasteiger charge is 2.49. The minimum absolute atomic E-state index is 0.353. The Hall–Kier alpha value is -1.31. The molecular weight excluding hydrogens is 308 g/mol. The summed E-state index contributed by atoms with van der Waals surface area (Å²) in [5, 5.41) is 9.28. The molecule has 2 fully saturated rings. The van der Waals surface area contributed by atoms with Gasteiger partial charge in [-0.15, -0.1) is 0 Å². The Morgan fingerprint density at radius 3 is 2.20 bits per heavy atom. The summed E-state index contributed by atoms with van der Waals surface area (Å²) in [4.78, 5) is 11.3. The van der Waals surface area contributed by atoms with Crippen molar-refractivity contribution in [2.24, 2.45) is 10.8 Å². The predicted octanol–water partition coefficient (Wildman–Crippen LogP) is 6.09. The molecule has 0 spiro atoms. The zero-order chi connectivity index (χ0) is 17.9. The number of hydrogen-bond acceptors (Lipinski definition) is 1. The molecule has 25 heavy (non-hydrogen) atoms. The van der Waals surface area contributed by atoms with Crippen LogP contribution < -0.4 is 0 Å². The van der Waals surface area contributed by atoms with E-state index in [1.165, 1.54) is 55.2 Å². The lowest BCUT2D eigenvalue weighted by atomic mass is 9.92. The van der Waals surface area contributed by atoms with E-state index in [2.05, 4.69) is 32.0 Å². The summed E-state index contributed by atoms with van der Waals surface area (Å²) in [5.74, 6) is -0.576. The van der Waals surface area contributed by atoms with Crippen molar-refractivity contribution in [1.82, 2.24) is 0 Å². The summed E-state index contributed by atoms with van der Waals surface area (Å²) in [6.45, 7) is 4.60. The highest BCUT2D eigenvalue weighted by Crippen LogP contribution is 2.50. The lowest BCUT2D eigenvalue weighted by molar-refractivity contribution is -0.143. The minimum Gasteiger partial charge on any atom is -0.481 e. The lowest BCUT2D eigenvalue weighted by Gasteiger charge is -2.13. The Balaban J connectivity index is 1.44. The van der Waals surface area contributed by atoms with Crippen molar-refractivity contribution in [2.75, 3.05) is 0 Å². The fourth-order valence-electron chi connectivity index (χ4n) is 4.06. The van der Waals surface area contributed by atoms with Crippen molar-refractivity contribution >= 4 is 5.97 Å². The molecule has 2 saturated carbocycles. The molecule has 2 aliphatic carbocycles. The minimum atomic E-state index is -0.576. The Labute approximate surface area is 153 Å². The van der Waals surface area contributed by atoms with Crippen molar-refractivity contribution in [3.05, 3.63) is 34.9 Å². The normalized spacial score (nSPS) is 19.6. The first-order chi connectivity index (χ1) is 11.9. The second-order valence-electron chi connectivity index (χ2n) is 9.08. The first kappa shape index (κ1) is 18.5. The van der Waals surface area contributed by atoms with Crippen LogP contribution in [0.2, 0.25) is 0 Å². The molecule has 1 N–H and O–H groups in total. The van der Waals surface area contributed by atoms with Crippen LogP contribution in [0.4, 0.5) is 0 Å². The van der Waals surface area contributed by atoms with Crippen LogP contribution in [0, 0.1) is 17.8 Å². The predicted molar refractivity (Wildman–Crippen MR) is 103 cm³/mol. The van der Waals surface area contributed by atoms with E-state index in [1.807, 2.05) is 0 Å². The molecule has 0 saturated heterocycles. The van der Waals surface area contributed by atoms with Crippen LogP contribution in [0.15, 0.2) is 18.2 Å². The Morgan fingerprint density at radius 1 is 0.960 bits per heavy atom. The van der Waals surface area contributed by atoms with E-state index in [-0.39, 0.29) is 5.41 Å². The highest BCUT2D eigenvalue weighted by molar-refractivity contribution is 5.77. The second-order valence-corrected chi connectivity index (χ2v) is 9.08. The van der Waals surface area contributed by atoms with E-state index in [0.717, 1.165) is 38.5 Å². The van der Waals surface area contributed by atoms with Gasteiger partial charge in [-0.05, 0) is 87.7 Å². The van der Waals surface area contributed by atoms with Crippen molar-refractivity contribution < 1.29 is 9.90 Å². The number of aryl methyl sites for hydroxylation is 3. The summed E-state index contributed by atoms with van der Waals surface area (Å²) in [6.07, 6.45) is 14.0. The number of hydrogen-bond donors (Lipinski definition) is 1. The average Bonchev–Trinajstić information content (AvgIpc) is 3.48. The number of rotatable bonds is 11. The fourth-order valence-corrected chi connectivity index (χ4v) is 4.06. The maximum atomic E-state index is 11.3. The van der Waals surface area contributed by atoms with Gasteiger partial charge >= 0.3 is 5.97 Å². The van der Waals surface area contributed by atoms with Crippen LogP contribution >= 0.6 is 0 Å². The van der Waals surface area contributed by atoms with Crippen molar-refractivity contribution in [1.29, 1.82) is 0 Å². The van der Waals surface area contributed by atoms with Gasteiger partial charge in [0, 0.05) is 0 Å². The van der Waals surface area contributed by atoms with Gasteiger partial charge in [0.15, 0.2) is 0 Å². The summed E-state index contributed by atoms with van der Waals surface area (Å²) >= 11 is 0. The van der Waals surface area contributed by atoms with E-state index >= 15 is 0 Å². The molecule has 0 radical (unpaired) electrons. The third-order valence-corrected chi connectivity index (χ3v) is 6.60. The van der Waals surface area contributed by atoms with E-state index < -0.39 is 5.97 Å². The Morgan fingerprint density at radius 2 is 1.60 bits per heavy atom. The summed E-state index contributed by atoms with van der Waals surface area (Å²) in [6, 6.07) is 6.91. The standard InChI is InChI=1S/C23H34O2/c1-18-9-10-19(7-3-5-11-22(2)13-14-22)20(17-18)8-4-6-12-23(15-16-23)21(24)25/h9-10,17H,3-8,11-16H2,1-2H3,(H,24,25). The topological polar surface area (TPSA) is 37.3 Å². The molecule has 2 aliphatic rings. The zero-order valence-electron chi connectivity index (χ0n) is 16.1. The van der Waals surface area contributed by atoms with Gasteiger partial charge in [0.25, 0.3) is 0 Å². The first-order valence-electron chi connectivity index (χ1n) is 10.2. The first-order valence-corrected chi connectivity index (χ1v) is 10.2. The number of carboxylic acids is 1. The summed E-state index contributed by atoms with van der Waals surface area (Å²) in [5.41, 5.74) is 4.69. The number of benzene rings is 1. The van der Waals surface area contributed by atoms with Gasteiger partial charge in [-0.1, -0.05) is 43.5 Å². The quantitative estimate of drug-likeness (QED) is 0.494. The SMILES string of the molecule is Cc1ccc(CCCCC2(C)CC2)c(CCCCC2(C(=O)O)CC2)c1. The maximum Gasteiger partial charge on any atom is 0.309 e. The molecule has 2 heteroatoms. The number of aliphatic carboxylic acids is 1. The molecule has 0 heterocycles. The van der Waals surface area contributed by atoms with Gasteiger partial charge in [-0.25, -0.2) is 0 Å². The van der Waals surface area contributed by atoms with Crippen molar-refractivity contribution in [3.8, 4) is 0 Å². The smallest absolute Gasteiger partial charge is 0.309 e. The maximum absolute atomic E-state index is 11.3. The van der Waals surface area contributed by atoms with Crippen LogP contribution in [0.5, 0.6) is 0 Å². The fraction of sp³-hybridized carbons (Fsp3) is 0.696. The van der Waals surface area contributed by atoms with Crippen molar-refractivity contribution in [2.45, 2.75) is 90.9 Å². The molecule has 138 valence electrons. The molecule has 0 atom stereocenters. The molecule has 0 unspecified atom stereocenters. The van der Waals surface area contributed by atoms with E-state index in [9.17, 15) is 9.90 Å². The van der Waals surface area contributed by atoms with E-state index in [4.69, 9.17) is 0 Å². The van der Waals surface area contributed by atoms with Gasteiger partial charge in [0.2, 0.25) is 0 Å². The molecule has 0 bridgehead atoms. The molecule has 0 aromatic heterocycles. The van der Waals surface area contributed by atoms with Gasteiger partial charge in [-0.3, -0.25) is 4.79 Å². The number of carbonyl (C=O) groups is 1. The molecular formula is C23H34O2. The third-order valence-electron chi connectivity index (χ3n) is 6.60. The number of carboxylic acid groups (broad SMARTS) is 1. The molecule has 0 aliphatic heterocycles. The molecule has 1 aromatic carbocycles. The Kier molecular flexibility index (Phi) is 5.55. The van der Waals surface area contributed by atoms with E-state index in [1.54, 1.807) is 0 Å². The Bertz CT molecular complexity index is 609. The van der Waals surface area contributed by atoms with Crippen molar-refractivity contribution in [3.63, 3.8) is 0 Å². The van der Waals surface area contributed by atoms with Crippen LogP contribution in [-0.2, 0) is 17.6 Å². The van der Waals surface area contributed by atoms with Crippen LogP contribution in [0.1, 0.15) is 87.8 Å². The van der Waals surface area contributed by atoms with Crippen LogP contribution in [0.3, 0.4) is 0 Å². The molecule has 2 nitrogen and oxygen atoms in total. The zero-order valence-corrected chi connectivity index (χ0v) is 16.1. The van der Waals surface area contributed by atoms with Crippen LogP contribution in [0.25, 0.3) is 0 Å². The number of unbranched alkanes of at least 4 members (excludes halogenated alkanes) is 2. The molecule has 0 amide bonds. The van der Waals surface area contributed by atoms with Gasteiger partial charge in [-0.2, -0.15) is 0 Å². The second kappa shape index (κ2) is 7.51. The highest BCUT2D eigenvalue weighted by atomic mass is 16.4. The molecule has 3 rings (SSSR count). The summed E-state index contributed by atoms with van der Waals surface area (Å²) in [7, 11) is 0. The van der Waals surface area contributed by atoms with E-state index in [0.29, 0.717) is 5.41 Å². The van der Waals surface area contributed by atoms with Gasteiger partial charge < -0.3 is 5.11 Å². The molecule has 1 aromatic rings. The van der Waals surface area contributed by atoms with Gasteiger partial charge in [0.1, 0.15) is 0 Å². The summed E-state index contributed by atoms with van der Waals surface area (Å²) < 4.78 is 0.